The van der Waals surface area contributed by atoms with Gasteiger partial charge in [0, 0.05) is 38.8 Å². The number of Topliss-reactive ketones (excluding diaryl/α,β-unsaturated/α-hetero) is 1. The van der Waals surface area contributed by atoms with E-state index in [1.165, 1.54) is 0 Å². The monoisotopic (exact) mass is 274 g/mol. The first kappa shape index (κ1) is 13.0. The van der Waals surface area contributed by atoms with E-state index in [2.05, 4.69) is 21.8 Å². The van der Waals surface area contributed by atoms with Crippen molar-refractivity contribution in [2.75, 3.05) is 31.1 Å². The molecule has 2 aliphatic rings. The third-order valence-electron chi connectivity index (χ3n) is 3.98. The topological polar surface area (TPSA) is 66.4 Å². The van der Waals surface area contributed by atoms with E-state index >= 15 is 0 Å². The zero-order valence-corrected chi connectivity index (χ0v) is 11.6. The van der Waals surface area contributed by atoms with Gasteiger partial charge in [-0.2, -0.15) is 0 Å². The number of hydrogen-bond acceptors (Lipinski definition) is 5. The van der Waals surface area contributed by atoms with Crippen molar-refractivity contribution in [2.24, 2.45) is 5.92 Å². The summed E-state index contributed by atoms with van der Waals surface area (Å²) < 4.78 is 0. The number of rotatable bonds is 2. The number of amides is 1. The molecule has 0 spiro atoms. The first-order valence-corrected chi connectivity index (χ1v) is 7.01. The predicted molar refractivity (Wildman–Crippen MR) is 73.7 cm³/mol. The van der Waals surface area contributed by atoms with Gasteiger partial charge >= 0.3 is 0 Å². The second kappa shape index (κ2) is 5.19. The van der Waals surface area contributed by atoms with E-state index in [-0.39, 0.29) is 5.78 Å². The van der Waals surface area contributed by atoms with Crippen molar-refractivity contribution in [3.63, 3.8) is 0 Å². The quantitative estimate of drug-likeness (QED) is 0.736. The Hall–Kier alpha value is -1.98. The Morgan fingerprint density at radius 2 is 2.00 bits per heavy atom. The first-order chi connectivity index (χ1) is 9.67. The maximum atomic E-state index is 11.9. The Balaban J connectivity index is 1.80. The highest BCUT2D eigenvalue weighted by Crippen LogP contribution is 2.25. The van der Waals surface area contributed by atoms with Gasteiger partial charge < -0.3 is 9.80 Å². The highest BCUT2D eigenvalue weighted by Gasteiger charge is 2.26. The fraction of sp³-hybridized carbons (Fsp3) is 0.571. The van der Waals surface area contributed by atoms with E-state index in [4.69, 9.17) is 0 Å². The lowest BCUT2D eigenvalue weighted by molar-refractivity contribution is -0.118. The molecule has 0 N–H and O–H groups in total. The van der Waals surface area contributed by atoms with Crippen LogP contribution in [0.3, 0.4) is 0 Å². The molecule has 0 unspecified atom stereocenters. The molecule has 1 fully saturated rings. The molecular formula is C14H18N4O2. The summed E-state index contributed by atoms with van der Waals surface area (Å²) in [6.07, 6.45) is 3.97. The standard InChI is InChI=1S/C14H18N4O2/c1-10-6-12-11(13(20)7-10)8-15-14(16-12)18-4-2-17(9-19)3-5-18/h8-10H,2-7H2,1H3/t10-/m1/s1. The third-order valence-corrected chi connectivity index (χ3v) is 3.98. The molecule has 1 aromatic rings. The molecule has 6 nitrogen and oxygen atoms in total. The summed E-state index contributed by atoms with van der Waals surface area (Å²) in [6, 6.07) is 0. The molecule has 1 aliphatic carbocycles. The number of aromatic nitrogens is 2. The van der Waals surface area contributed by atoms with Crippen LogP contribution in [0.25, 0.3) is 0 Å². The molecule has 1 aliphatic heterocycles. The van der Waals surface area contributed by atoms with Crippen molar-refractivity contribution in [1.82, 2.24) is 14.9 Å². The lowest BCUT2D eigenvalue weighted by Gasteiger charge is -2.33. The molecule has 1 saturated heterocycles. The van der Waals surface area contributed by atoms with Crippen LogP contribution < -0.4 is 4.90 Å². The molecule has 1 amide bonds. The summed E-state index contributed by atoms with van der Waals surface area (Å²) in [7, 11) is 0. The SMILES string of the molecule is C[C@H]1CC(=O)c2cnc(N3CCN(C=O)CC3)nc2C1. The minimum Gasteiger partial charge on any atom is -0.342 e. The number of anilines is 1. The van der Waals surface area contributed by atoms with Gasteiger partial charge in [-0.15, -0.1) is 0 Å². The Labute approximate surface area is 117 Å². The van der Waals surface area contributed by atoms with Crippen molar-refractivity contribution >= 4 is 18.1 Å². The van der Waals surface area contributed by atoms with Gasteiger partial charge in [0.1, 0.15) is 0 Å². The van der Waals surface area contributed by atoms with Gasteiger partial charge in [-0.25, -0.2) is 9.97 Å². The lowest BCUT2D eigenvalue weighted by Crippen LogP contribution is -2.46. The number of carbonyl (C=O) groups is 2. The van der Waals surface area contributed by atoms with Crippen molar-refractivity contribution in [3.8, 4) is 0 Å². The molecule has 106 valence electrons. The van der Waals surface area contributed by atoms with E-state index in [1.807, 2.05) is 0 Å². The number of fused-ring (bicyclic) bond motifs is 1. The van der Waals surface area contributed by atoms with Gasteiger partial charge in [0.2, 0.25) is 12.4 Å². The Bertz CT molecular complexity index is 538. The normalized spacial score (nSPS) is 22.6. The van der Waals surface area contributed by atoms with Crippen LogP contribution in [0, 0.1) is 5.92 Å². The number of hydrogen-bond donors (Lipinski definition) is 0. The molecule has 0 radical (unpaired) electrons. The van der Waals surface area contributed by atoms with Crippen LogP contribution in [0.4, 0.5) is 5.95 Å². The van der Waals surface area contributed by atoms with E-state index < -0.39 is 0 Å². The summed E-state index contributed by atoms with van der Waals surface area (Å²) in [5.74, 6) is 1.18. The van der Waals surface area contributed by atoms with Crippen molar-refractivity contribution in [2.45, 2.75) is 19.8 Å². The van der Waals surface area contributed by atoms with E-state index in [0.717, 1.165) is 31.6 Å². The second-order valence-corrected chi connectivity index (χ2v) is 5.60. The van der Waals surface area contributed by atoms with Gasteiger partial charge in [-0.3, -0.25) is 9.59 Å². The smallest absolute Gasteiger partial charge is 0.225 e. The van der Waals surface area contributed by atoms with Gasteiger partial charge in [0.05, 0.1) is 11.3 Å². The zero-order chi connectivity index (χ0) is 14.1. The van der Waals surface area contributed by atoms with Crippen LogP contribution in [0.1, 0.15) is 29.4 Å². The van der Waals surface area contributed by atoms with Gasteiger partial charge in [-0.1, -0.05) is 6.92 Å². The predicted octanol–water partition coefficient (Wildman–Crippen LogP) is 0.520. The van der Waals surface area contributed by atoms with Crippen LogP contribution in [0.2, 0.25) is 0 Å². The Morgan fingerprint density at radius 3 is 2.70 bits per heavy atom. The van der Waals surface area contributed by atoms with E-state index in [1.54, 1.807) is 11.1 Å². The second-order valence-electron chi connectivity index (χ2n) is 5.60. The van der Waals surface area contributed by atoms with E-state index in [9.17, 15) is 9.59 Å². The summed E-state index contributed by atoms with van der Waals surface area (Å²) in [4.78, 5) is 35.4. The van der Waals surface area contributed by atoms with Crippen LogP contribution in [0.15, 0.2) is 6.20 Å². The first-order valence-electron chi connectivity index (χ1n) is 7.01. The molecule has 3 rings (SSSR count). The van der Waals surface area contributed by atoms with Crippen molar-refractivity contribution in [1.29, 1.82) is 0 Å². The molecule has 2 heterocycles. The Kier molecular flexibility index (Phi) is 3.38. The molecule has 0 saturated carbocycles. The highest BCUT2D eigenvalue weighted by atomic mass is 16.1. The maximum absolute atomic E-state index is 11.9. The number of nitrogens with zero attached hydrogens (tertiary/aromatic N) is 4. The number of ketones is 1. The molecule has 0 bridgehead atoms. The third kappa shape index (κ3) is 2.37. The van der Waals surface area contributed by atoms with Gasteiger partial charge in [-0.05, 0) is 12.3 Å². The largest absolute Gasteiger partial charge is 0.342 e. The Morgan fingerprint density at radius 1 is 1.25 bits per heavy atom. The fourth-order valence-corrected chi connectivity index (χ4v) is 2.80. The van der Waals surface area contributed by atoms with E-state index in [0.29, 0.717) is 36.9 Å². The molecule has 0 aromatic carbocycles. The van der Waals surface area contributed by atoms with Crippen LogP contribution in [-0.4, -0.2) is 53.2 Å². The maximum Gasteiger partial charge on any atom is 0.225 e. The minimum atomic E-state index is 0.149. The van der Waals surface area contributed by atoms with Gasteiger partial charge in [0.15, 0.2) is 5.78 Å². The molecule has 6 heteroatoms. The summed E-state index contributed by atoms with van der Waals surface area (Å²) in [6.45, 7) is 4.94. The molecule has 1 atom stereocenters. The number of piperazine rings is 1. The average Bonchev–Trinajstić information content (AvgIpc) is 2.46. The molecular weight excluding hydrogens is 256 g/mol. The average molecular weight is 274 g/mol. The summed E-state index contributed by atoms with van der Waals surface area (Å²) >= 11 is 0. The van der Waals surface area contributed by atoms with Crippen LogP contribution in [-0.2, 0) is 11.2 Å². The molecule has 1 aromatic heterocycles. The zero-order valence-electron chi connectivity index (χ0n) is 11.6. The summed E-state index contributed by atoms with van der Waals surface area (Å²) in [5, 5.41) is 0. The highest BCUT2D eigenvalue weighted by molar-refractivity contribution is 5.98. The van der Waals surface area contributed by atoms with Gasteiger partial charge in [0.25, 0.3) is 0 Å². The van der Waals surface area contributed by atoms with Crippen LogP contribution in [0.5, 0.6) is 0 Å². The fourth-order valence-electron chi connectivity index (χ4n) is 2.80. The van der Waals surface area contributed by atoms with Crippen LogP contribution >= 0.6 is 0 Å². The van der Waals surface area contributed by atoms with Crippen molar-refractivity contribution in [3.05, 3.63) is 17.5 Å². The number of carbonyl (C=O) groups excluding carboxylic acids is 2. The minimum absolute atomic E-state index is 0.149. The lowest BCUT2D eigenvalue weighted by atomic mass is 9.88. The summed E-state index contributed by atoms with van der Waals surface area (Å²) in [5.41, 5.74) is 1.55. The van der Waals surface area contributed by atoms with Crippen molar-refractivity contribution < 1.29 is 9.59 Å². The molecule has 20 heavy (non-hydrogen) atoms.